The molecule has 1 aliphatic heterocycles. The van der Waals surface area contributed by atoms with Gasteiger partial charge in [-0.15, -0.1) is 0 Å². The van der Waals surface area contributed by atoms with Crippen LogP contribution in [0.1, 0.15) is 23.6 Å². The highest BCUT2D eigenvalue weighted by molar-refractivity contribution is 5.56. The summed E-state index contributed by atoms with van der Waals surface area (Å²) in [5.74, 6) is 0. The summed E-state index contributed by atoms with van der Waals surface area (Å²) in [6.45, 7) is -0.192. The number of nitriles is 1. The van der Waals surface area contributed by atoms with E-state index in [1.54, 1.807) is 6.07 Å². The second-order valence-corrected chi connectivity index (χ2v) is 4.97. The van der Waals surface area contributed by atoms with E-state index in [2.05, 4.69) is 10.2 Å². The number of benzene rings is 1. The van der Waals surface area contributed by atoms with Crippen molar-refractivity contribution in [3.8, 4) is 6.07 Å². The maximum atomic E-state index is 12.2. The summed E-state index contributed by atoms with van der Waals surface area (Å²) in [6.07, 6.45) is -2.41. The molecule has 1 aromatic carbocycles. The first-order chi connectivity index (χ1) is 9.40. The normalized spacial score (nSPS) is 16.4. The van der Waals surface area contributed by atoms with E-state index in [0.717, 1.165) is 30.6 Å². The third-order valence-electron chi connectivity index (χ3n) is 3.42. The van der Waals surface area contributed by atoms with Crippen LogP contribution in [0.2, 0.25) is 0 Å². The highest BCUT2D eigenvalue weighted by atomic mass is 19.4. The van der Waals surface area contributed by atoms with Crippen molar-refractivity contribution in [2.45, 2.75) is 25.1 Å². The molecule has 3 nitrogen and oxygen atoms in total. The fraction of sp³-hybridized carbons (Fsp3) is 0.500. The molecule has 1 atom stereocenters. The van der Waals surface area contributed by atoms with Crippen LogP contribution in [0.5, 0.6) is 0 Å². The zero-order chi connectivity index (χ0) is 14.8. The molecule has 0 saturated carbocycles. The smallest absolute Gasteiger partial charge is 0.374 e. The Hall–Kier alpha value is -1.74. The van der Waals surface area contributed by atoms with Crippen LogP contribution >= 0.6 is 0 Å². The number of nitrogens with zero attached hydrogens (tertiary/aromatic N) is 2. The van der Waals surface area contributed by atoms with Gasteiger partial charge in [0.15, 0.2) is 0 Å². The fourth-order valence-corrected chi connectivity index (χ4v) is 2.44. The lowest BCUT2D eigenvalue weighted by Crippen LogP contribution is -2.31. The van der Waals surface area contributed by atoms with Crippen LogP contribution < -0.4 is 10.2 Å². The third-order valence-corrected chi connectivity index (χ3v) is 3.42. The largest absolute Gasteiger partial charge is 0.401 e. The van der Waals surface area contributed by atoms with Gasteiger partial charge in [0.1, 0.15) is 6.04 Å². The van der Waals surface area contributed by atoms with Gasteiger partial charge in [-0.05, 0) is 30.0 Å². The Bertz CT molecular complexity index is 519. The zero-order valence-corrected chi connectivity index (χ0v) is 11.2. The minimum Gasteiger partial charge on any atom is -0.374 e. The molecule has 0 bridgehead atoms. The van der Waals surface area contributed by atoms with Gasteiger partial charge in [-0.3, -0.25) is 5.32 Å². The number of nitrogens with one attached hydrogen (secondary N) is 1. The molecule has 1 N–H and O–H groups in total. The predicted molar refractivity (Wildman–Crippen MR) is 70.4 cm³/mol. The molecule has 6 heteroatoms. The Morgan fingerprint density at radius 2 is 2.20 bits per heavy atom. The van der Waals surface area contributed by atoms with Crippen LogP contribution in [0.3, 0.4) is 0 Å². The van der Waals surface area contributed by atoms with Crippen LogP contribution in [-0.4, -0.2) is 26.3 Å². The predicted octanol–water partition coefficient (Wildman–Crippen LogP) is 2.79. The maximum absolute atomic E-state index is 12.2. The summed E-state index contributed by atoms with van der Waals surface area (Å²) >= 11 is 0. The molecule has 2 rings (SSSR count). The molecule has 1 aromatic rings. The maximum Gasteiger partial charge on any atom is 0.401 e. The van der Waals surface area contributed by atoms with Crippen LogP contribution in [0, 0.1) is 11.3 Å². The van der Waals surface area contributed by atoms with Gasteiger partial charge in [-0.1, -0.05) is 12.1 Å². The minimum absolute atomic E-state index is 0.589. The van der Waals surface area contributed by atoms with Crippen LogP contribution in [-0.2, 0) is 6.42 Å². The lowest BCUT2D eigenvalue weighted by Gasteiger charge is -2.28. The van der Waals surface area contributed by atoms with Crippen molar-refractivity contribution in [3.05, 3.63) is 29.3 Å². The highest BCUT2D eigenvalue weighted by Crippen LogP contribution is 2.29. The molecule has 0 aromatic heterocycles. The summed E-state index contributed by atoms with van der Waals surface area (Å²) in [7, 11) is 1.99. The standard InChI is InChI=1S/C14H16F3N3/c1-20-6-2-3-11-7-10(4-5-13(11)20)12(8-18)19-9-14(15,16)17/h4-5,7,12,19H,2-3,6,9H2,1H3. The molecule has 0 aliphatic carbocycles. The van der Waals surface area contributed by atoms with E-state index in [0.29, 0.717) is 5.56 Å². The quantitative estimate of drug-likeness (QED) is 0.927. The van der Waals surface area contributed by atoms with E-state index >= 15 is 0 Å². The Morgan fingerprint density at radius 3 is 2.85 bits per heavy atom. The highest BCUT2D eigenvalue weighted by Gasteiger charge is 2.28. The van der Waals surface area contributed by atoms with Crippen LogP contribution in [0.15, 0.2) is 18.2 Å². The number of hydrogen-bond acceptors (Lipinski definition) is 3. The molecule has 1 unspecified atom stereocenters. The Labute approximate surface area is 116 Å². The molecule has 0 fully saturated rings. The number of alkyl halides is 3. The molecule has 0 spiro atoms. The van der Waals surface area contributed by atoms with Gasteiger partial charge in [0.25, 0.3) is 0 Å². The van der Waals surface area contributed by atoms with Gasteiger partial charge in [0.05, 0.1) is 12.6 Å². The van der Waals surface area contributed by atoms with Crippen molar-refractivity contribution in [2.24, 2.45) is 0 Å². The lowest BCUT2D eigenvalue weighted by atomic mass is 9.97. The number of aryl methyl sites for hydroxylation is 1. The molecule has 1 heterocycles. The minimum atomic E-state index is -4.32. The molecule has 20 heavy (non-hydrogen) atoms. The third kappa shape index (κ3) is 3.42. The SMILES string of the molecule is CN1CCCc2cc(C(C#N)NCC(F)(F)F)ccc21. The summed E-state index contributed by atoms with van der Waals surface area (Å²) < 4.78 is 36.6. The molecule has 0 saturated heterocycles. The molecule has 0 amide bonds. The van der Waals surface area contributed by atoms with Gasteiger partial charge >= 0.3 is 6.18 Å². The van der Waals surface area contributed by atoms with E-state index in [4.69, 9.17) is 5.26 Å². The van der Waals surface area contributed by atoms with Crippen molar-refractivity contribution in [1.29, 1.82) is 5.26 Å². The number of hydrogen-bond donors (Lipinski definition) is 1. The fourth-order valence-electron chi connectivity index (χ4n) is 2.44. The van der Waals surface area contributed by atoms with E-state index in [1.807, 2.05) is 25.2 Å². The molecule has 108 valence electrons. The first-order valence-electron chi connectivity index (χ1n) is 6.44. The molecule has 0 radical (unpaired) electrons. The number of rotatable bonds is 3. The van der Waals surface area contributed by atoms with Gasteiger partial charge < -0.3 is 4.90 Å². The van der Waals surface area contributed by atoms with E-state index in [-0.39, 0.29) is 0 Å². The van der Waals surface area contributed by atoms with Gasteiger partial charge in [0.2, 0.25) is 0 Å². The van der Waals surface area contributed by atoms with Gasteiger partial charge in [-0.2, -0.15) is 18.4 Å². The monoisotopic (exact) mass is 283 g/mol. The summed E-state index contributed by atoms with van der Waals surface area (Å²) in [6, 6.07) is 6.38. The molecule has 1 aliphatic rings. The van der Waals surface area contributed by atoms with Crippen LogP contribution in [0.25, 0.3) is 0 Å². The average Bonchev–Trinajstić information content (AvgIpc) is 2.38. The summed E-state index contributed by atoms with van der Waals surface area (Å²) in [5.41, 5.74) is 2.77. The lowest BCUT2D eigenvalue weighted by molar-refractivity contribution is -0.125. The van der Waals surface area contributed by atoms with E-state index in [9.17, 15) is 13.2 Å². The zero-order valence-electron chi connectivity index (χ0n) is 11.2. The van der Waals surface area contributed by atoms with Crippen molar-refractivity contribution < 1.29 is 13.2 Å². The summed E-state index contributed by atoms with van der Waals surface area (Å²) in [5, 5.41) is 11.3. The Kier molecular flexibility index (Phi) is 4.19. The molecular formula is C14H16F3N3. The second-order valence-electron chi connectivity index (χ2n) is 4.97. The van der Waals surface area contributed by atoms with Crippen molar-refractivity contribution >= 4 is 5.69 Å². The van der Waals surface area contributed by atoms with Crippen molar-refractivity contribution in [3.63, 3.8) is 0 Å². The topological polar surface area (TPSA) is 39.1 Å². The van der Waals surface area contributed by atoms with Gasteiger partial charge in [0, 0.05) is 19.3 Å². The van der Waals surface area contributed by atoms with Crippen molar-refractivity contribution in [1.82, 2.24) is 5.32 Å². The van der Waals surface area contributed by atoms with E-state index in [1.165, 1.54) is 0 Å². The second kappa shape index (κ2) is 5.71. The molecular weight excluding hydrogens is 267 g/mol. The van der Waals surface area contributed by atoms with E-state index < -0.39 is 18.8 Å². The first kappa shape index (κ1) is 14.7. The number of fused-ring (bicyclic) bond motifs is 1. The Morgan fingerprint density at radius 1 is 1.45 bits per heavy atom. The average molecular weight is 283 g/mol. The van der Waals surface area contributed by atoms with Gasteiger partial charge in [-0.25, -0.2) is 0 Å². The summed E-state index contributed by atoms with van der Waals surface area (Å²) in [4.78, 5) is 2.12. The van der Waals surface area contributed by atoms with Crippen molar-refractivity contribution in [2.75, 3.05) is 25.0 Å². The number of halogens is 3. The number of anilines is 1. The Balaban J connectivity index is 2.17. The first-order valence-corrected chi connectivity index (χ1v) is 6.44. The van der Waals surface area contributed by atoms with Crippen LogP contribution in [0.4, 0.5) is 18.9 Å².